The number of carbonyl (C=O) groups is 1. The lowest BCUT2D eigenvalue weighted by Crippen LogP contribution is -2.02. The molecule has 0 saturated carbocycles. The molecule has 0 atom stereocenters. The summed E-state index contributed by atoms with van der Waals surface area (Å²) in [5.74, 6) is -0.175. The molecule has 0 saturated heterocycles. The molecule has 20 heavy (non-hydrogen) atoms. The standard InChI is InChI=1S/C18H34O2/c1-3-5-7-9-10-11-12-14-16-18(19)20-17-15-13-8-6-4-2/h14,16H,3-13,15,17H2,1-2H3. The van der Waals surface area contributed by atoms with E-state index in [9.17, 15) is 4.79 Å². The first-order chi connectivity index (χ1) is 9.81. The Morgan fingerprint density at radius 1 is 0.800 bits per heavy atom. The smallest absolute Gasteiger partial charge is 0.330 e. The monoisotopic (exact) mass is 282 g/mol. The maximum absolute atomic E-state index is 11.4. The van der Waals surface area contributed by atoms with Gasteiger partial charge in [0.2, 0.25) is 0 Å². The Morgan fingerprint density at radius 2 is 1.35 bits per heavy atom. The molecule has 0 fully saturated rings. The Kier molecular flexibility index (Phi) is 15.6. The van der Waals surface area contributed by atoms with Crippen LogP contribution in [0.15, 0.2) is 12.2 Å². The molecule has 0 aromatic rings. The highest BCUT2D eigenvalue weighted by Crippen LogP contribution is 2.07. The predicted molar refractivity (Wildman–Crippen MR) is 86.9 cm³/mol. The largest absolute Gasteiger partial charge is 0.463 e. The van der Waals surface area contributed by atoms with Crippen LogP contribution in [0, 0.1) is 0 Å². The Morgan fingerprint density at radius 3 is 2.00 bits per heavy atom. The second-order valence-corrected chi connectivity index (χ2v) is 5.54. The van der Waals surface area contributed by atoms with Crippen LogP contribution in [0.1, 0.15) is 90.9 Å². The van der Waals surface area contributed by atoms with Crippen molar-refractivity contribution < 1.29 is 9.53 Å². The van der Waals surface area contributed by atoms with Gasteiger partial charge in [0.05, 0.1) is 6.61 Å². The zero-order valence-electron chi connectivity index (χ0n) is 13.7. The molecular weight excluding hydrogens is 248 g/mol. The second kappa shape index (κ2) is 16.3. The summed E-state index contributed by atoms with van der Waals surface area (Å²) < 4.78 is 5.16. The number of hydrogen-bond acceptors (Lipinski definition) is 2. The molecule has 0 bridgehead atoms. The summed E-state index contributed by atoms with van der Waals surface area (Å²) >= 11 is 0. The van der Waals surface area contributed by atoms with Gasteiger partial charge in [-0.2, -0.15) is 0 Å². The number of rotatable bonds is 14. The molecule has 0 N–H and O–H groups in total. The summed E-state index contributed by atoms with van der Waals surface area (Å²) in [6.45, 7) is 5.01. The fourth-order valence-corrected chi connectivity index (χ4v) is 2.15. The lowest BCUT2D eigenvalue weighted by Gasteiger charge is -2.01. The number of carbonyl (C=O) groups excluding carboxylic acids is 1. The van der Waals surface area contributed by atoms with Gasteiger partial charge in [0.25, 0.3) is 0 Å². The maximum Gasteiger partial charge on any atom is 0.330 e. The molecule has 0 aliphatic carbocycles. The SMILES string of the molecule is CCCCCCCCC=CC(=O)OCCCCCCC. The summed E-state index contributed by atoms with van der Waals surface area (Å²) in [7, 11) is 0. The molecule has 0 aromatic heterocycles. The van der Waals surface area contributed by atoms with Crippen LogP contribution in [0.25, 0.3) is 0 Å². The molecule has 0 aliphatic rings. The topological polar surface area (TPSA) is 26.3 Å². The third-order valence-electron chi connectivity index (χ3n) is 3.47. The molecule has 2 heteroatoms. The first-order valence-corrected chi connectivity index (χ1v) is 8.64. The molecule has 0 spiro atoms. The molecule has 0 heterocycles. The number of hydrogen-bond donors (Lipinski definition) is 0. The van der Waals surface area contributed by atoms with E-state index in [1.807, 2.05) is 6.08 Å². The maximum atomic E-state index is 11.4. The summed E-state index contributed by atoms with van der Waals surface area (Å²) in [6.07, 6.45) is 18.3. The predicted octanol–water partition coefficient (Wildman–Crippen LogP) is 5.81. The zero-order valence-corrected chi connectivity index (χ0v) is 13.7. The molecule has 0 radical (unpaired) electrons. The van der Waals surface area contributed by atoms with Crippen LogP contribution in [0.2, 0.25) is 0 Å². The van der Waals surface area contributed by atoms with E-state index >= 15 is 0 Å². The third-order valence-corrected chi connectivity index (χ3v) is 3.47. The summed E-state index contributed by atoms with van der Waals surface area (Å²) in [4.78, 5) is 11.4. The van der Waals surface area contributed by atoms with Gasteiger partial charge in [-0.1, -0.05) is 77.7 Å². The molecule has 118 valence electrons. The van der Waals surface area contributed by atoms with Crippen molar-refractivity contribution in [1.29, 1.82) is 0 Å². The van der Waals surface area contributed by atoms with Gasteiger partial charge in [-0.15, -0.1) is 0 Å². The van der Waals surface area contributed by atoms with Crippen molar-refractivity contribution in [3.63, 3.8) is 0 Å². The molecule has 2 nitrogen and oxygen atoms in total. The molecule has 0 aliphatic heterocycles. The Balaban J connectivity index is 3.27. The molecule has 0 aromatic carbocycles. The van der Waals surface area contributed by atoms with Crippen LogP contribution in [-0.4, -0.2) is 12.6 Å². The zero-order chi connectivity index (χ0) is 14.9. The van der Waals surface area contributed by atoms with E-state index in [4.69, 9.17) is 4.74 Å². The lowest BCUT2D eigenvalue weighted by atomic mass is 10.1. The molecule has 0 unspecified atom stereocenters. The Hall–Kier alpha value is -0.790. The van der Waals surface area contributed by atoms with Crippen LogP contribution in [0.4, 0.5) is 0 Å². The van der Waals surface area contributed by atoms with Gasteiger partial charge in [0.15, 0.2) is 0 Å². The van der Waals surface area contributed by atoms with Crippen LogP contribution in [0.5, 0.6) is 0 Å². The molecule has 0 rings (SSSR count). The van der Waals surface area contributed by atoms with Crippen molar-refractivity contribution in [2.24, 2.45) is 0 Å². The highest BCUT2D eigenvalue weighted by molar-refractivity contribution is 5.81. The van der Waals surface area contributed by atoms with E-state index in [1.165, 1.54) is 64.2 Å². The minimum absolute atomic E-state index is 0.175. The average molecular weight is 282 g/mol. The van der Waals surface area contributed by atoms with Gasteiger partial charge >= 0.3 is 5.97 Å². The summed E-state index contributed by atoms with van der Waals surface area (Å²) in [5.41, 5.74) is 0. The molecule has 0 amide bonds. The fraction of sp³-hybridized carbons (Fsp3) is 0.833. The van der Waals surface area contributed by atoms with Crippen LogP contribution in [-0.2, 0) is 9.53 Å². The van der Waals surface area contributed by atoms with Crippen molar-refractivity contribution in [3.8, 4) is 0 Å². The highest BCUT2D eigenvalue weighted by Gasteiger charge is 1.96. The van der Waals surface area contributed by atoms with Crippen LogP contribution >= 0.6 is 0 Å². The Labute approximate surface area is 126 Å². The van der Waals surface area contributed by atoms with Gasteiger partial charge in [-0.05, 0) is 19.3 Å². The quantitative estimate of drug-likeness (QED) is 0.228. The van der Waals surface area contributed by atoms with E-state index in [0.717, 1.165) is 12.8 Å². The first-order valence-electron chi connectivity index (χ1n) is 8.64. The number of unbranched alkanes of at least 4 members (excludes halogenated alkanes) is 10. The van der Waals surface area contributed by atoms with Crippen molar-refractivity contribution in [2.75, 3.05) is 6.61 Å². The minimum atomic E-state index is -0.175. The van der Waals surface area contributed by atoms with Crippen molar-refractivity contribution in [3.05, 3.63) is 12.2 Å². The van der Waals surface area contributed by atoms with Crippen molar-refractivity contribution in [1.82, 2.24) is 0 Å². The van der Waals surface area contributed by atoms with Gasteiger partial charge in [0, 0.05) is 6.08 Å². The minimum Gasteiger partial charge on any atom is -0.463 e. The van der Waals surface area contributed by atoms with E-state index < -0.39 is 0 Å². The van der Waals surface area contributed by atoms with E-state index in [-0.39, 0.29) is 5.97 Å². The summed E-state index contributed by atoms with van der Waals surface area (Å²) in [6, 6.07) is 0. The van der Waals surface area contributed by atoms with Gasteiger partial charge in [-0.25, -0.2) is 4.79 Å². The van der Waals surface area contributed by atoms with Gasteiger partial charge < -0.3 is 4.74 Å². The Bertz CT molecular complexity index is 234. The second-order valence-electron chi connectivity index (χ2n) is 5.54. The van der Waals surface area contributed by atoms with Gasteiger partial charge in [-0.3, -0.25) is 0 Å². The van der Waals surface area contributed by atoms with Crippen LogP contribution in [0.3, 0.4) is 0 Å². The van der Waals surface area contributed by atoms with Gasteiger partial charge in [0.1, 0.15) is 0 Å². The van der Waals surface area contributed by atoms with Crippen LogP contribution < -0.4 is 0 Å². The van der Waals surface area contributed by atoms with Crippen molar-refractivity contribution >= 4 is 5.97 Å². The number of ether oxygens (including phenoxy) is 1. The van der Waals surface area contributed by atoms with E-state index in [0.29, 0.717) is 6.61 Å². The number of allylic oxidation sites excluding steroid dienone is 1. The third kappa shape index (κ3) is 15.3. The lowest BCUT2D eigenvalue weighted by molar-refractivity contribution is -0.137. The van der Waals surface area contributed by atoms with E-state index in [1.54, 1.807) is 6.08 Å². The van der Waals surface area contributed by atoms with Crippen molar-refractivity contribution in [2.45, 2.75) is 90.9 Å². The average Bonchev–Trinajstić information content (AvgIpc) is 2.45. The van der Waals surface area contributed by atoms with E-state index in [2.05, 4.69) is 13.8 Å². The molecular formula is C18H34O2. The normalized spacial score (nSPS) is 11.1. The number of esters is 1. The first kappa shape index (κ1) is 19.2. The highest BCUT2D eigenvalue weighted by atomic mass is 16.5. The summed E-state index contributed by atoms with van der Waals surface area (Å²) in [5, 5.41) is 0. The fourth-order valence-electron chi connectivity index (χ4n) is 2.15.